The summed E-state index contributed by atoms with van der Waals surface area (Å²) in [6.45, 7) is 2.47. The molecule has 0 aromatic heterocycles. The SMILES string of the molecule is CC[C@@H]1O[C@H]2CCOC(=O)O[C@H]2C/C=C\C[C@H]1Br. The Balaban J connectivity index is 2.12. The van der Waals surface area contributed by atoms with Crippen LogP contribution >= 0.6 is 15.9 Å². The molecule has 5 heteroatoms. The van der Waals surface area contributed by atoms with Gasteiger partial charge in [0.05, 0.1) is 18.8 Å². The number of halogens is 1. The molecule has 0 amide bonds. The molecule has 0 aromatic rings. The van der Waals surface area contributed by atoms with E-state index in [9.17, 15) is 4.79 Å². The first kappa shape index (κ1) is 13.9. The summed E-state index contributed by atoms with van der Waals surface area (Å²) >= 11 is 3.67. The molecule has 0 radical (unpaired) electrons. The lowest BCUT2D eigenvalue weighted by Crippen LogP contribution is -2.36. The van der Waals surface area contributed by atoms with Gasteiger partial charge in [-0.3, -0.25) is 0 Å². The number of alkyl halides is 1. The maximum Gasteiger partial charge on any atom is 0.508 e. The first-order valence-corrected chi connectivity index (χ1v) is 7.40. The van der Waals surface area contributed by atoms with Crippen LogP contribution in [-0.4, -0.2) is 35.9 Å². The van der Waals surface area contributed by atoms with E-state index >= 15 is 0 Å². The fourth-order valence-corrected chi connectivity index (χ4v) is 3.02. The van der Waals surface area contributed by atoms with Crippen molar-refractivity contribution in [2.75, 3.05) is 6.61 Å². The van der Waals surface area contributed by atoms with E-state index in [1.54, 1.807) is 0 Å². The largest absolute Gasteiger partial charge is 0.508 e. The molecule has 0 spiro atoms. The molecule has 2 aliphatic heterocycles. The minimum Gasteiger partial charge on any atom is -0.434 e. The highest BCUT2D eigenvalue weighted by atomic mass is 79.9. The summed E-state index contributed by atoms with van der Waals surface area (Å²) in [5.74, 6) is 0. The molecule has 2 aliphatic rings. The number of hydrogen-bond acceptors (Lipinski definition) is 4. The number of carbonyl (C=O) groups is 1. The lowest BCUT2D eigenvalue weighted by Gasteiger charge is -2.28. The molecule has 102 valence electrons. The second kappa shape index (κ2) is 6.57. The molecule has 2 heterocycles. The summed E-state index contributed by atoms with van der Waals surface area (Å²) in [5.41, 5.74) is 0. The van der Waals surface area contributed by atoms with Gasteiger partial charge in [0.2, 0.25) is 0 Å². The minimum atomic E-state index is -0.581. The van der Waals surface area contributed by atoms with Gasteiger partial charge >= 0.3 is 6.16 Å². The molecule has 0 saturated carbocycles. The molecule has 0 aromatic carbocycles. The Hall–Kier alpha value is -0.550. The van der Waals surface area contributed by atoms with E-state index in [4.69, 9.17) is 14.2 Å². The van der Waals surface area contributed by atoms with Crippen molar-refractivity contribution in [1.82, 2.24) is 0 Å². The normalized spacial score (nSPS) is 39.1. The lowest BCUT2D eigenvalue weighted by atomic mass is 10.1. The van der Waals surface area contributed by atoms with Gasteiger partial charge in [-0.25, -0.2) is 4.79 Å². The third-order valence-electron chi connectivity index (χ3n) is 3.34. The zero-order chi connectivity index (χ0) is 13.0. The maximum absolute atomic E-state index is 11.3. The Morgan fingerprint density at radius 3 is 2.89 bits per heavy atom. The molecule has 0 aliphatic carbocycles. The minimum absolute atomic E-state index is 0.0794. The summed E-state index contributed by atoms with van der Waals surface area (Å²) in [6.07, 6.45) is 6.67. The molecule has 2 rings (SSSR count). The smallest absolute Gasteiger partial charge is 0.434 e. The van der Waals surface area contributed by atoms with E-state index in [2.05, 4.69) is 35.0 Å². The van der Waals surface area contributed by atoms with Crippen molar-refractivity contribution >= 4 is 22.1 Å². The Kier molecular flexibility index (Phi) is 5.06. The second-order valence-corrected chi connectivity index (χ2v) is 5.80. The summed E-state index contributed by atoms with van der Waals surface area (Å²) in [7, 11) is 0. The van der Waals surface area contributed by atoms with Crippen molar-refractivity contribution in [3.05, 3.63) is 12.2 Å². The van der Waals surface area contributed by atoms with Crippen molar-refractivity contribution in [3.63, 3.8) is 0 Å². The Morgan fingerprint density at radius 2 is 2.11 bits per heavy atom. The van der Waals surface area contributed by atoms with Crippen LogP contribution in [0.3, 0.4) is 0 Å². The molecule has 1 saturated heterocycles. The van der Waals surface area contributed by atoms with Crippen LogP contribution < -0.4 is 0 Å². The fourth-order valence-electron chi connectivity index (χ4n) is 2.30. The maximum atomic E-state index is 11.3. The fraction of sp³-hybridized carbons (Fsp3) is 0.769. The van der Waals surface area contributed by atoms with Gasteiger partial charge in [0.1, 0.15) is 6.10 Å². The molecule has 4 nitrogen and oxygen atoms in total. The summed E-state index contributed by atoms with van der Waals surface area (Å²) in [4.78, 5) is 11.6. The third-order valence-corrected chi connectivity index (χ3v) is 4.30. The van der Waals surface area contributed by atoms with Crippen LogP contribution in [0.5, 0.6) is 0 Å². The van der Waals surface area contributed by atoms with Crippen molar-refractivity contribution in [1.29, 1.82) is 0 Å². The van der Waals surface area contributed by atoms with Crippen LogP contribution in [0.15, 0.2) is 12.2 Å². The van der Waals surface area contributed by atoms with E-state index in [1.807, 2.05) is 0 Å². The van der Waals surface area contributed by atoms with Crippen LogP contribution in [0.4, 0.5) is 4.79 Å². The third kappa shape index (κ3) is 3.48. The van der Waals surface area contributed by atoms with Gasteiger partial charge in [-0.05, 0) is 12.8 Å². The van der Waals surface area contributed by atoms with Crippen LogP contribution in [0.2, 0.25) is 0 Å². The number of allylic oxidation sites excluding steroid dienone is 1. The number of carbonyl (C=O) groups excluding carboxylic acids is 1. The highest BCUT2D eigenvalue weighted by Gasteiger charge is 2.33. The quantitative estimate of drug-likeness (QED) is 0.423. The molecule has 1 fully saturated rings. The molecular weight excluding hydrogens is 300 g/mol. The first-order valence-electron chi connectivity index (χ1n) is 6.48. The van der Waals surface area contributed by atoms with Gasteiger partial charge in [-0.15, -0.1) is 0 Å². The zero-order valence-electron chi connectivity index (χ0n) is 10.5. The molecule has 4 atom stereocenters. The van der Waals surface area contributed by atoms with Crippen LogP contribution in [0, 0.1) is 0 Å². The van der Waals surface area contributed by atoms with Crippen molar-refractivity contribution in [3.8, 4) is 0 Å². The van der Waals surface area contributed by atoms with Crippen LogP contribution in [-0.2, 0) is 14.2 Å². The average Bonchev–Trinajstić information content (AvgIpc) is 2.48. The topological polar surface area (TPSA) is 44.8 Å². The summed E-state index contributed by atoms with van der Waals surface area (Å²) in [6, 6.07) is 0. The highest BCUT2D eigenvalue weighted by molar-refractivity contribution is 9.09. The molecule has 0 N–H and O–H groups in total. The Morgan fingerprint density at radius 1 is 1.33 bits per heavy atom. The predicted octanol–water partition coefficient (Wildman–Crippen LogP) is 3.19. The lowest BCUT2D eigenvalue weighted by molar-refractivity contribution is -0.0751. The van der Waals surface area contributed by atoms with Gasteiger partial charge in [0.25, 0.3) is 0 Å². The van der Waals surface area contributed by atoms with Crippen molar-refractivity contribution in [2.24, 2.45) is 0 Å². The van der Waals surface area contributed by atoms with Gasteiger partial charge in [-0.2, -0.15) is 0 Å². The van der Waals surface area contributed by atoms with Crippen LogP contribution in [0.25, 0.3) is 0 Å². The van der Waals surface area contributed by atoms with E-state index in [1.165, 1.54) is 0 Å². The monoisotopic (exact) mass is 318 g/mol. The first-order chi connectivity index (χ1) is 8.70. The molecule has 0 unspecified atom stereocenters. The summed E-state index contributed by atoms with van der Waals surface area (Å²) < 4.78 is 16.3. The van der Waals surface area contributed by atoms with E-state index in [-0.39, 0.29) is 18.3 Å². The van der Waals surface area contributed by atoms with Gasteiger partial charge in [0, 0.05) is 17.7 Å². The van der Waals surface area contributed by atoms with Gasteiger partial charge in [0.15, 0.2) is 0 Å². The number of fused-ring (bicyclic) bond motifs is 1. The highest BCUT2D eigenvalue weighted by Crippen LogP contribution is 2.26. The zero-order valence-corrected chi connectivity index (χ0v) is 12.1. The van der Waals surface area contributed by atoms with Crippen molar-refractivity contribution in [2.45, 2.75) is 55.7 Å². The Labute approximate surface area is 116 Å². The van der Waals surface area contributed by atoms with E-state index in [0.717, 1.165) is 12.8 Å². The standard InChI is InChI=1S/C13H19BrO4/c1-2-10-9(14)5-3-4-6-11-12(17-10)7-8-16-13(15)18-11/h3-4,9-12H,2,5-8H2,1H3/b4-3-/t9-,10+,11+,12+/m1/s1. The van der Waals surface area contributed by atoms with E-state index < -0.39 is 6.16 Å². The predicted molar refractivity (Wildman–Crippen MR) is 70.9 cm³/mol. The number of ether oxygens (including phenoxy) is 3. The molecular formula is C13H19BrO4. The summed E-state index contributed by atoms with van der Waals surface area (Å²) in [5, 5.41) is 0. The Bertz CT molecular complexity index is 318. The second-order valence-electron chi connectivity index (χ2n) is 4.62. The number of hydrogen-bond donors (Lipinski definition) is 0. The molecule has 18 heavy (non-hydrogen) atoms. The number of cyclic esters (lactones) is 1. The van der Waals surface area contributed by atoms with Gasteiger partial charge in [-0.1, -0.05) is 35.0 Å². The van der Waals surface area contributed by atoms with Crippen LogP contribution in [0.1, 0.15) is 32.6 Å². The average molecular weight is 319 g/mol. The molecule has 0 bridgehead atoms. The number of rotatable bonds is 1. The van der Waals surface area contributed by atoms with E-state index in [0.29, 0.717) is 24.3 Å². The van der Waals surface area contributed by atoms with Gasteiger partial charge < -0.3 is 14.2 Å². The van der Waals surface area contributed by atoms with Crippen molar-refractivity contribution < 1.29 is 19.0 Å².